The molecule has 0 fully saturated rings. The average Bonchev–Trinajstić information content (AvgIpc) is 2.82. The van der Waals surface area contributed by atoms with Crippen LogP contribution >= 0.6 is 0 Å². The number of nitrogens with zero attached hydrogens (tertiary/aromatic N) is 2. The number of amides is 1. The summed E-state index contributed by atoms with van der Waals surface area (Å²) in [5, 5.41) is 8.88. The molecule has 9 heteroatoms. The van der Waals surface area contributed by atoms with Gasteiger partial charge in [0.2, 0.25) is 5.91 Å². The lowest BCUT2D eigenvalue weighted by Gasteiger charge is -2.07. The summed E-state index contributed by atoms with van der Waals surface area (Å²) in [6.07, 6.45) is -3.37. The van der Waals surface area contributed by atoms with Crippen LogP contribution in [-0.2, 0) is 22.3 Å². The maximum atomic E-state index is 12.3. The lowest BCUT2D eigenvalue weighted by Crippen LogP contribution is -2.35. The van der Waals surface area contributed by atoms with E-state index >= 15 is 0 Å². The summed E-state index contributed by atoms with van der Waals surface area (Å²) in [5.74, 6) is -0.393. The Morgan fingerprint density at radius 2 is 2.15 bits per heavy atom. The van der Waals surface area contributed by atoms with E-state index in [1.54, 1.807) is 7.11 Å². The summed E-state index contributed by atoms with van der Waals surface area (Å²) in [7, 11) is 1.59. The molecule has 0 aliphatic rings. The Bertz CT molecular complexity index is 420. The van der Waals surface area contributed by atoms with Crippen LogP contribution in [0.2, 0.25) is 0 Å². The van der Waals surface area contributed by atoms with Crippen molar-refractivity contribution < 1.29 is 22.7 Å². The number of ether oxygens (including phenoxy) is 1. The van der Waals surface area contributed by atoms with Crippen molar-refractivity contribution in [3.63, 3.8) is 0 Å². The van der Waals surface area contributed by atoms with Crippen LogP contribution in [0.25, 0.3) is 0 Å². The number of methoxy groups -OCH3 is 1. The Hall–Kier alpha value is -1.61. The van der Waals surface area contributed by atoms with Crippen molar-refractivity contribution >= 4 is 5.91 Å². The van der Waals surface area contributed by atoms with E-state index in [0.717, 1.165) is 16.9 Å². The molecule has 6 nitrogen and oxygen atoms in total. The van der Waals surface area contributed by atoms with Crippen LogP contribution in [0.1, 0.15) is 5.69 Å². The van der Waals surface area contributed by atoms with Gasteiger partial charge in [0.15, 0.2) is 5.69 Å². The Kier molecular flexibility index (Phi) is 6.46. The minimum Gasteiger partial charge on any atom is -0.383 e. The lowest BCUT2D eigenvalue weighted by atomic mass is 10.4. The molecule has 1 aromatic rings. The molecule has 20 heavy (non-hydrogen) atoms. The minimum atomic E-state index is -4.49. The monoisotopic (exact) mass is 294 g/mol. The van der Waals surface area contributed by atoms with Crippen LogP contribution < -0.4 is 10.6 Å². The van der Waals surface area contributed by atoms with Crippen molar-refractivity contribution in [1.29, 1.82) is 0 Å². The van der Waals surface area contributed by atoms with Crippen LogP contribution in [0.15, 0.2) is 12.3 Å². The van der Waals surface area contributed by atoms with Crippen LogP contribution in [0, 0.1) is 0 Å². The molecule has 0 aromatic carbocycles. The summed E-state index contributed by atoms with van der Waals surface area (Å²) >= 11 is 0. The normalized spacial score (nSPS) is 11.6. The van der Waals surface area contributed by atoms with E-state index in [9.17, 15) is 18.0 Å². The first kappa shape index (κ1) is 16.4. The number of aromatic nitrogens is 2. The third-order valence-corrected chi connectivity index (χ3v) is 2.34. The number of alkyl halides is 3. The van der Waals surface area contributed by atoms with Crippen molar-refractivity contribution in [3.8, 4) is 0 Å². The molecular formula is C11H17F3N4O2. The molecule has 2 N–H and O–H groups in total. The molecule has 1 amide bonds. The van der Waals surface area contributed by atoms with Gasteiger partial charge in [0, 0.05) is 32.9 Å². The fraction of sp³-hybridized carbons (Fsp3) is 0.636. The Balaban J connectivity index is 2.24. The van der Waals surface area contributed by atoms with Gasteiger partial charge in [0.05, 0.1) is 6.61 Å². The number of hydrogen-bond acceptors (Lipinski definition) is 4. The number of halogens is 3. The highest BCUT2D eigenvalue weighted by atomic mass is 19.4. The maximum absolute atomic E-state index is 12.3. The number of carbonyl (C=O) groups is 1. The quantitative estimate of drug-likeness (QED) is 0.675. The summed E-state index contributed by atoms with van der Waals surface area (Å²) in [6, 6.07) is 0.833. The van der Waals surface area contributed by atoms with Gasteiger partial charge in [-0.25, -0.2) is 0 Å². The zero-order valence-corrected chi connectivity index (χ0v) is 11.0. The number of carbonyl (C=O) groups excluding carboxylic acids is 1. The van der Waals surface area contributed by atoms with Crippen molar-refractivity contribution in [2.75, 3.05) is 33.4 Å². The second-order valence-corrected chi connectivity index (χ2v) is 3.99. The second kappa shape index (κ2) is 7.85. The zero-order valence-electron chi connectivity index (χ0n) is 11.0. The number of rotatable bonds is 8. The smallest absolute Gasteiger partial charge is 0.383 e. The molecule has 0 atom stereocenters. The van der Waals surface area contributed by atoms with Crippen LogP contribution in [0.4, 0.5) is 13.2 Å². The van der Waals surface area contributed by atoms with Crippen LogP contribution in [-0.4, -0.2) is 49.0 Å². The SMILES string of the molecule is COCCNCCNC(=O)Cn1ccc(C(F)(F)F)n1. The summed E-state index contributed by atoms with van der Waals surface area (Å²) < 4.78 is 42.7. The molecule has 0 radical (unpaired) electrons. The molecule has 0 aliphatic heterocycles. The van der Waals surface area contributed by atoms with E-state index in [2.05, 4.69) is 15.7 Å². The van der Waals surface area contributed by atoms with Crippen molar-refractivity contribution in [2.45, 2.75) is 12.7 Å². The van der Waals surface area contributed by atoms with E-state index in [-0.39, 0.29) is 6.54 Å². The Labute approximate surface area is 114 Å². The highest BCUT2D eigenvalue weighted by Gasteiger charge is 2.33. The highest BCUT2D eigenvalue weighted by molar-refractivity contribution is 5.75. The van der Waals surface area contributed by atoms with E-state index < -0.39 is 17.8 Å². The predicted molar refractivity (Wildman–Crippen MR) is 65.0 cm³/mol. The minimum absolute atomic E-state index is 0.242. The van der Waals surface area contributed by atoms with Crippen LogP contribution in [0.3, 0.4) is 0 Å². The molecule has 0 saturated heterocycles. The first-order chi connectivity index (χ1) is 9.43. The van der Waals surface area contributed by atoms with Gasteiger partial charge < -0.3 is 15.4 Å². The Morgan fingerprint density at radius 1 is 1.40 bits per heavy atom. The molecule has 0 bridgehead atoms. The van der Waals surface area contributed by atoms with E-state index in [4.69, 9.17) is 4.74 Å². The molecule has 114 valence electrons. The molecule has 0 aliphatic carbocycles. The predicted octanol–water partition coefficient (Wildman–Crippen LogP) is 0.254. The van der Waals surface area contributed by atoms with Crippen LogP contribution in [0.5, 0.6) is 0 Å². The molecule has 0 saturated carbocycles. The van der Waals surface area contributed by atoms with Crippen molar-refractivity contribution in [2.24, 2.45) is 0 Å². The third-order valence-electron chi connectivity index (χ3n) is 2.34. The maximum Gasteiger partial charge on any atom is 0.435 e. The zero-order chi connectivity index (χ0) is 15.0. The lowest BCUT2D eigenvalue weighted by molar-refractivity contribution is -0.141. The average molecular weight is 294 g/mol. The van der Waals surface area contributed by atoms with Gasteiger partial charge >= 0.3 is 6.18 Å². The van der Waals surface area contributed by atoms with E-state index in [1.807, 2.05) is 0 Å². The standard InChI is InChI=1S/C11H17F3N4O2/c1-20-7-5-15-3-4-16-10(19)8-18-6-2-9(17-18)11(12,13)14/h2,6,15H,3-5,7-8H2,1H3,(H,16,19). The van der Waals surface area contributed by atoms with Gasteiger partial charge in [-0.15, -0.1) is 0 Å². The third kappa shape index (κ3) is 6.02. The van der Waals surface area contributed by atoms with E-state index in [0.29, 0.717) is 26.2 Å². The van der Waals surface area contributed by atoms with Crippen molar-refractivity contribution in [3.05, 3.63) is 18.0 Å². The number of hydrogen-bond donors (Lipinski definition) is 2. The highest BCUT2D eigenvalue weighted by Crippen LogP contribution is 2.27. The fourth-order valence-corrected chi connectivity index (χ4v) is 1.39. The van der Waals surface area contributed by atoms with Gasteiger partial charge in [-0.3, -0.25) is 9.48 Å². The molecule has 0 unspecified atom stereocenters. The second-order valence-electron chi connectivity index (χ2n) is 3.99. The summed E-state index contributed by atoms with van der Waals surface area (Å²) in [6.45, 7) is 1.94. The van der Waals surface area contributed by atoms with Crippen molar-refractivity contribution in [1.82, 2.24) is 20.4 Å². The van der Waals surface area contributed by atoms with Gasteiger partial charge in [0.1, 0.15) is 6.54 Å². The largest absolute Gasteiger partial charge is 0.435 e. The first-order valence-electron chi connectivity index (χ1n) is 6.00. The Morgan fingerprint density at radius 3 is 2.75 bits per heavy atom. The molecule has 1 heterocycles. The van der Waals surface area contributed by atoms with Gasteiger partial charge in [-0.2, -0.15) is 18.3 Å². The van der Waals surface area contributed by atoms with Gasteiger partial charge in [0.25, 0.3) is 0 Å². The summed E-state index contributed by atoms with van der Waals surface area (Å²) in [4.78, 5) is 11.5. The van der Waals surface area contributed by atoms with Gasteiger partial charge in [-0.05, 0) is 6.07 Å². The number of nitrogens with one attached hydrogen (secondary N) is 2. The molecular weight excluding hydrogens is 277 g/mol. The molecule has 1 aromatic heterocycles. The summed E-state index contributed by atoms with van der Waals surface area (Å²) in [5.41, 5.74) is -1.01. The molecule has 1 rings (SSSR count). The fourth-order valence-electron chi connectivity index (χ4n) is 1.39. The van der Waals surface area contributed by atoms with Gasteiger partial charge in [-0.1, -0.05) is 0 Å². The van der Waals surface area contributed by atoms with E-state index in [1.165, 1.54) is 0 Å². The molecule has 0 spiro atoms. The first-order valence-corrected chi connectivity index (χ1v) is 6.00. The topological polar surface area (TPSA) is 68.2 Å².